The number of non-ortho nitro benzene ring substituents is 1. The second kappa shape index (κ2) is 5.35. The van der Waals surface area contributed by atoms with Gasteiger partial charge in [0.05, 0.1) is 19.3 Å². The molecule has 0 radical (unpaired) electrons. The van der Waals surface area contributed by atoms with Gasteiger partial charge in [-0.1, -0.05) is 12.8 Å². The smallest absolute Gasteiger partial charge is 0.271 e. The maximum absolute atomic E-state index is 12.0. The number of carbonyl (C=O) groups is 1. The minimum absolute atomic E-state index is 0.0126. The van der Waals surface area contributed by atoms with Crippen LogP contribution in [-0.2, 0) is 4.79 Å². The van der Waals surface area contributed by atoms with E-state index in [1.807, 2.05) is 0 Å². The number of nitro groups is 1. The van der Waals surface area contributed by atoms with Crippen molar-refractivity contribution in [1.29, 1.82) is 0 Å². The summed E-state index contributed by atoms with van der Waals surface area (Å²) >= 11 is 6.63. The largest absolute Gasteiger partial charge is 0.487 e. The van der Waals surface area contributed by atoms with Gasteiger partial charge in [-0.05, 0) is 44.7 Å². The molecule has 112 valence electrons. The van der Waals surface area contributed by atoms with Crippen molar-refractivity contribution < 1.29 is 14.5 Å². The lowest BCUT2D eigenvalue weighted by molar-refractivity contribution is -0.385. The van der Waals surface area contributed by atoms with Crippen molar-refractivity contribution in [1.82, 2.24) is 0 Å². The summed E-state index contributed by atoms with van der Waals surface area (Å²) in [5.74, 6) is 0.823. The zero-order valence-electron chi connectivity index (χ0n) is 11.1. The van der Waals surface area contributed by atoms with Gasteiger partial charge in [-0.2, -0.15) is 0 Å². The SMILES string of the molecule is O=C1CC(Oc2c(Br)cc([N+](=O)[O-])cc2Br)C12CCCC2. The van der Waals surface area contributed by atoms with Crippen LogP contribution in [0.1, 0.15) is 32.1 Å². The molecule has 1 aromatic rings. The third kappa shape index (κ3) is 2.40. The fourth-order valence-corrected chi connectivity index (χ4v) is 4.63. The zero-order valence-corrected chi connectivity index (χ0v) is 14.3. The summed E-state index contributed by atoms with van der Waals surface area (Å²) in [6.45, 7) is 0. The Morgan fingerprint density at radius 3 is 2.29 bits per heavy atom. The van der Waals surface area contributed by atoms with Crippen molar-refractivity contribution in [3.05, 3.63) is 31.2 Å². The third-order valence-corrected chi connectivity index (χ3v) is 5.67. The number of benzene rings is 1. The van der Waals surface area contributed by atoms with Crippen molar-refractivity contribution in [3.63, 3.8) is 0 Å². The molecule has 0 aromatic heterocycles. The highest BCUT2D eigenvalue weighted by molar-refractivity contribution is 9.11. The van der Waals surface area contributed by atoms with Gasteiger partial charge in [0.25, 0.3) is 5.69 Å². The van der Waals surface area contributed by atoms with Gasteiger partial charge in [-0.3, -0.25) is 14.9 Å². The van der Waals surface area contributed by atoms with Crippen molar-refractivity contribution in [2.24, 2.45) is 5.41 Å². The van der Waals surface area contributed by atoms with Gasteiger partial charge in [-0.25, -0.2) is 0 Å². The second-order valence-electron chi connectivity index (χ2n) is 5.59. The van der Waals surface area contributed by atoms with Crippen LogP contribution < -0.4 is 4.74 Å². The van der Waals surface area contributed by atoms with Crippen LogP contribution >= 0.6 is 31.9 Å². The summed E-state index contributed by atoms with van der Waals surface area (Å²) in [7, 11) is 0. The molecule has 0 aliphatic heterocycles. The first-order valence-corrected chi connectivity index (χ1v) is 8.36. The van der Waals surface area contributed by atoms with Crippen molar-refractivity contribution >= 4 is 43.3 Å². The number of halogens is 2. The highest BCUT2D eigenvalue weighted by atomic mass is 79.9. The lowest BCUT2D eigenvalue weighted by atomic mass is 9.63. The Bertz CT molecular complexity index is 602. The van der Waals surface area contributed by atoms with Crippen LogP contribution in [0.2, 0.25) is 0 Å². The lowest BCUT2D eigenvalue weighted by Gasteiger charge is -2.45. The first kappa shape index (κ1) is 15.0. The molecule has 3 rings (SSSR count). The van der Waals surface area contributed by atoms with E-state index in [0.29, 0.717) is 26.9 Å². The summed E-state index contributed by atoms with van der Waals surface area (Å²) < 4.78 is 7.07. The highest BCUT2D eigenvalue weighted by Crippen LogP contribution is 2.53. The van der Waals surface area contributed by atoms with E-state index in [0.717, 1.165) is 25.7 Å². The molecule has 0 bridgehead atoms. The van der Waals surface area contributed by atoms with E-state index in [-0.39, 0.29) is 17.2 Å². The second-order valence-corrected chi connectivity index (χ2v) is 7.30. The van der Waals surface area contributed by atoms with Gasteiger partial charge in [-0.15, -0.1) is 0 Å². The molecule has 1 atom stereocenters. The molecule has 1 unspecified atom stereocenters. The molecule has 5 nitrogen and oxygen atoms in total. The van der Waals surface area contributed by atoms with Crippen LogP contribution in [0.4, 0.5) is 5.69 Å². The Balaban J connectivity index is 1.86. The van der Waals surface area contributed by atoms with E-state index in [2.05, 4.69) is 31.9 Å². The summed E-state index contributed by atoms with van der Waals surface area (Å²) in [6.07, 6.45) is 4.21. The molecule has 2 aliphatic rings. The van der Waals surface area contributed by atoms with E-state index in [4.69, 9.17) is 4.74 Å². The van der Waals surface area contributed by atoms with Crippen LogP contribution in [0.25, 0.3) is 0 Å². The fourth-order valence-electron chi connectivity index (χ4n) is 3.28. The van der Waals surface area contributed by atoms with Gasteiger partial charge >= 0.3 is 0 Å². The quantitative estimate of drug-likeness (QED) is 0.538. The van der Waals surface area contributed by atoms with Crippen molar-refractivity contribution in [2.75, 3.05) is 0 Å². The molecular weight excluding hydrogens is 406 g/mol. The Morgan fingerprint density at radius 1 is 1.24 bits per heavy atom. The number of rotatable bonds is 3. The zero-order chi connectivity index (χ0) is 15.2. The number of carbonyl (C=O) groups excluding carboxylic acids is 1. The average Bonchev–Trinajstić information content (AvgIpc) is 2.93. The van der Waals surface area contributed by atoms with Gasteiger partial charge in [0, 0.05) is 18.6 Å². The van der Waals surface area contributed by atoms with Crippen molar-refractivity contribution in [3.8, 4) is 5.75 Å². The summed E-state index contributed by atoms with van der Waals surface area (Å²) in [6, 6.07) is 2.84. The number of ether oxygens (including phenoxy) is 1. The molecule has 1 aromatic carbocycles. The van der Waals surface area contributed by atoms with Crippen LogP contribution in [0.5, 0.6) is 5.75 Å². The minimum atomic E-state index is -0.454. The van der Waals surface area contributed by atoms with Crippen LogP contribution in [0.15, 0.2) is 21.1 Å². The third-order valence-electron chi connectivity index (χ3n) is 4.49. The maximum Gasteiger partial charge on any atom is 0.271 e. The first-order valence-electron chi connectivity index (χ1n) is 6.77. The topological polar surface area (TPSA) is 69.4 Å². The Morgan fingerprint density at radius 2 is 1.81 bits per heavy atom. The summed E-state index contributed by atoms with van der Waals surface area (Å²) in [5, 5.41) is 10.8. The van der Waals surface area contributed by atoms with Crippen LogP contribution in [-0.4, -0.2) is 16.8 Å². The number of Topliss-reactive ketones (excluding diaryl/α,β-unsaturated/α-hetero) is 1. The molecule has 0 heterocycles. The molecular formula is C14H13Br2NO4. The maximum atomic E-state index is 12.0. The molecule has 2 aliphatic carbocycles. The molecule has 2 saturated carbocycles. The van der Waals surface area contributed by atoms with E-state index in [1.54, 1.807) is 0 Å². The monoisotopic (exact) mass is 417 g/mol. The molecule has 21 heavy (non-hydrogen) atoms. The number of nitrogens with zero attached hydrogens (tertiary/aromatic N) is 1. The van der Waals surface area contributed by atoms with Gasteiger partial charge in [0.1, 0.15) is 17.6 Å². The Kier molecular flexibility index (Phi) is 3.81. The first-order chi connectivity index (χ1) is 9.94. The normalized spacial score (nSPS) is 23.1. The number of hydrogen-bond acceptors (Lipinski definition) is 4. The van der Waals surface area contributed by atoms with E-state index >= 15 is 0 Å². The molecule has 7 heteroatoms. The fraction of sp³-hybridized carbons (Fsp3) is 0.500. The average molecular weight is 419 g/mol. The predicted octanol–water partition coefficient (Wildman–Crippen LogP) is 4.40. The Hall–Kier alpha value is -0.950. The van der Waals surface area contributed by atoms with Crippen molar-refractivity contribution in [2.45, 2.75) is 38.2 Å². The molecule has 2 fully saturated rings. The standard InChI is InChI=1S/C14H13Br2NO4/c15-9-5-8(17(19)20)6-10(16)13(9)21-12-7-11(18)14(12)3-1-2-4-14/h5-6,12H,1-4,7H2. The van der Waals surface area contributed by atoms with E-state index in [1.165, 1.54) is 12.1 Å². The van der Waals surface area contributed by atoms with Gasteiger partial charge < -0.3 is 4.74 Å². The van der Waals surface area contributed by atoms with Crippen LogP contribution in [0, 0.1) is 15.5 Å². The summed E-state index contributed by atoms with van der Waals surface area (Å²) in [5.41, 5.74) is -0.331. The molecule has 0 amide bonds. The van der Waals surface area contributed by atoms with Crippen LogP contribution in [0.3, 0.4) is 0 Å². The molecule has 0 saturated heterocycles. The molecule has 1 spiro atoms. The Labute approximate surface area is 138 Å². The number of ketones is 1. The lowest BCUT2D eigenvalue weighted by Crippen LogP contribution is -2.55. The minimum Gasteiger partial charge on any atom is -0.487 e. The highest BCUT2D eigenvalue weighted by Gasteiger charge is 2.57. The van der Waals surface area contributed by atoms with Gasteiger partial charge in [0.15, 0.2) is 0 Å². The predicted molar refractivity (Wildman–Crippen MR) is 83.4 cm³/mol. The van der Waals surface area contributed by atoms with E-state index < -0.39 is 4.92 Å². The number of nitro benzene ring substituents is 1. The van der Waals surface area contributed by atoms with Gasteiger partial charge in [0.2, 0.25) is 0 Å². The molecule has 0 N–H and O–H groups in total. The summed E-state index contributed by atoms with van der Waals surface area (Å²) in [4.78, 5) is 22.4. The number of hydrogen-bond donors (Lipinski definition) is 0. The van der Waals surface area contributed by atoms with E-state index in [9.17, 15) is 14.9 Å².